The van der Waals surface area contributed by atoms with Crippen LogP contribution in [0.15, 0.2) is 18.2 Å². The summed E-state index contributed by atoms with van der Waals surface area (Å²) >= 11 is 0. The Morgan fingerprint density at radius 3 is 2.42 bits per heavy atom. The van der Waals surface area contributed by atoms with E-state index in [1.807, 2.05) is 32.0 Å². The molecule has 1 aliphatic rings. The highest BCUT2D eigenvalue weighted by Gasteiger charge is 2.20. The molecule has 1 aromatic rings. The first kappa shape index (κ1) is 20.7. The molecule has 0 bridgehead atoms. The maximum absolute atomic E-state index is 12.3. The third kappa shape index (κ3) is 6.01. The summed E-state index contributed by atoms with van der Waals surface area (Å²) < 4.78 is 25.9. The van der Waals surface area contributed by atoms with Crippen molar-refractivity contribution in [2.75, 3.05) is 17.1 Å². The van der Waals surface area contributed by atoms with E-state index in [0.717, 1.165) is 24.0 Å². The number of hydrogen-bond donors (Lipinski definition) is 1. The zero-order chi connectivity index (χ0) is 19.2. The van der Waals surface area contributed by atoms with E-state index in [9.17, 15) is 13.2 Å². The summed E-state index contributed by atoms with van der Waals surface area (Å²) in [5.74, 6) is 0.0336. The molecule has 1 aromatic carbocycles. The Morgan fingerprint density at radius 2 is 1.81 bits per heavy atom. The van der Waals surface area contributed by atoms with E-state index in [0.29, 0.717) is 25.1 Å². The Kier molecular flexibility index (Phi) is 7.50. The van der Waals surface area contributed by atoms with Crippen molar-refractivity contribution in [3.05, 3.63) is 29.3 Å². The second kappa shape index (κ2) is 9.40. The van der Waals surface area contributed by atoms with Crippen LogP contribution in [0.3, 0.4) is 0 Å². The molecular weight excluding hydrogens is 348 g/mol. The van der Waals surface area contributed by atoms with Crippen molar-refractivity contribution in [3.63, 3.8) is 0 Å². The molecule has 1 saturated carbocycles. The van der Waals surface area contributed by atoms with E-state index in [1.54, 1.807) is 0 Å². The fourth-order valence-electron chi connectivity index (χ4n) is 3.58. The van der Waals surface area contributed by atoms with Crippen molar-refractivity contribution in [2.45, 2.75) is 71.3 Å². The predicted octanol–water partition coefficient (Wildman–Crippen LogP) is 3.69. The van der Waals surface area contributed by atoms with Gasteiger partial charge in [-0.3, -0.25) is 9.10 Å². The highest BCUT2D eigenvalue weighted by Crippen LogP contribution is 2.25. The molecule has 146 valence electrons. The molecule has 0 heterocycles. The first-order chi connectivity index (χ1) is 12.3. The number of aryl methyl sites for hydroxylation is 1. The number of nitrogens with zero attached hydrogens (tertiary/aromatic N) is 1. The van der Waals surface area contributed by atoms with Crippen LogP contribution < -0.4 is 9.62 Å². The van der Waals surface area contributed by atoms with Crippen LogP contribution in [0.4, 0.5) is 5.69 Å². The zero-order valence-electron chi connectivity index (χ0n) is 16.3. The molecule has 1 amide bonds. The number of benzene rings is 1. The van der Waals surface area contributed by atoms with Gasteiger partial charge in [0, 0.05) is 19.0 Å². The lowest BCUT2D eigenvalue weighted by atomic mass is 10.1. The molecule has 5 nitrogen and oxygen atoms in total. The highest BCUT2D eigenvalue weighted by atomic mass is 32.2. The molecule has 1 aliphatic carbocycles. The second-order valence-electron chi connectivity index (χ2n) is 7.41. The summed E-state index contributed by atoms with van der Waals surface area (Å²) in [5, 5.41) is 3.12. The van der Waals surface area contributed by atoms with Crippen LogP contribution >= 0.6 is 0 Å². The van der Waals surface area contributed by atoms with Gasteiger partial charge < -0.3 is 5.32 Å². The lowest BCUT2D eigenvalue weighted by molar-refractivity contribution is -0.121. The number of carbonyl (C=O) groups is 1. The SMILES string of the molecule is Cc1cccc(N(CCCC(=O)NC2CCCCCC2)S(C)(=O)=O)c1C. The lowest BCUT2D eigenvalue weighted by Gasteiger charge is -2.25. The molecule has 2 rings (SSSR count). The Morgan fingerprint density at radius 1 is 1.15 bits per heavy atom. The number of rotatable bonds is 7. The van der Waals surface area contributed by atoms with Gasteiger partial charge in [-0.25, -0.2) is 8.42 Å². The summed E-state index contributed by atoms with van der Waals surface area (Å²) in [6, 6.07) is 5.96. The number of sulfonamides is 1. The summed E-state index contributed by atoms with van der Waals surface area (Å²) in [6.07, 6.45) is 9.08. The molecule has 0 unspecified atom stereocenters. The van der Waals surface area contributed by atoms with Crippen molar-refractivity contribution in [1.29, 1.82) is 0 Å². The van der Waals surface area contributed by atoms with Crippen LogP contribution in [0.5, 0.6) is 0 Å². The molecule has 0 spiro atoms. The molecule has 1 N–H and O–H groups in total. The van der Waals surface area contributed by atoms with E-state index in [2.05, 4.69) is 5.32 Å². The Balaban J connectivity index is 1.93. The van der Waals surface area contributed by atoms with E-state index < -0.39 is 10.0 Å². The molecule has 0 aliphatic heterocycles. The topological polar surface area (TPSA) is 66.5 Å². The average Bonchev–Trinajstić information content (AvgIpc) is 2.82. The third-order valence-electron chi connectivity index (χ3n) is 5.23. The van der Waals surface area contributed by atoms with E-state index in [1.165, 1.54) is 36.2 Å². The molecule has 0 atom stereocenters. The fourth-order valence-corrected chi connectivity index (χ4v) is 4.59. The van der Waals surface area contributed by atoms with Crippen LogP contribution in [0.25, 0.3) is 0 Å². The molecule has 1 fully saturated rings. The predicted molar refractivity (Wildman–Crippen MR) is 107 cm³/mol. The minimum absolute atomic E-state index is 0.0336. The van der Waals surface area contributed by atoms with Gasteiger partial charge in [0.2, 0.25) is 15.9 Å². The maximum atomic E-state index is 12.3. The zero-order valence-corrected chi connectivity index (χ0v) is 17.1. The van der Waals surface area contributed by atoms with Crippen LogP contribution in [-0.2, 0) is 14.8 Å². The smallest absolute Gasteiger partial charge is 0.232 e. The Hall–Kier alpha value is -1.56. The molecular formula is C20H32N2O3S. The Labute approximate surface area is 158 Å². The summed E-state index contributed by atoms with van der Waals surface area (Å²) in [6.45, 7) is 4.22. The van der Waals surface area contributed by atoms with Crippen LogP contribution in [0.2, 0.25) is 0 Å². The van der Waals surface area contributed by atoms with Gasteiger partial charge in [-0.1, -0.05) is 37.8 Å². The number of hydrogen-bond acceptors (Lipinski definition) is 3. The van der Waals surface area contributed by atoms with Gasteiger partial charge in [0.05, 0.1) is 11.9 Å². The summed E-state index contributed by atoms with van der Waals surface area (Å²) in [7, 11) is -3.39. The lowest BCUT2D eigenvalue weighted by Crippen LogP contribution is -2.36. The van der Waals surface area contributed by atoms with Crippen molar-refractivity contribution in [3.8, 4) is 0 Å². The number of amides is 1. The van der Waals surface area contributed by atoms with Gasteiger partial charge in [0.1, 0.15) is 0 Å². The minimum atomic E-state index is -3.39. The van der Waals surface area contributed by atoms with Gasteiger partial charge >= 0.3 is 0 Å². The second-order valence-corrected chi connectivity index (χ2v) is 9.32. The van der Waals surface area contributed by atoms with Crippen molar-refractivity contribution in [1.82, 2.24) is 5.32 Å². The molecule has 26 heavy (non-hydrogen) atoms. The van der Waals surface area contributed by atoms with Crippen LogP contribution in [0, 0.1) is 13.8 Å². The fraction of sp³-hybridized carbons (Fsp3) is 0.650. The van der Waals surface area contributed by atoms with Crippen LogP contribution in [-0.4, -0.2) is 33.2 Å². The highest BCUT2D eigenvalue weighted by molar-refractivity contribution is 7.92. The van der Waals surface area contributed by atoms with Gasteiger partial charge in [-0.15, -0.1) is 0 Å². The maximum Gasteiger partial charge on any atom is 0.232 e. The van der Waals surface area contributed by atoms with E-state index >= 15 is 0 Å². The van der Waals surface area contributed by atoms with Gasteiger partial charge in [0.15, 0.2) is 0 Å². The molecule has 0 radical (unpaired) electrons. The average molecular weight is 381 g/mol. The van der Waals surface area contributed by atoms with Crippen molar-refractivity contribution in [2.24, 2.45) is 0 Å². The minimum Gasteiger partial charge on any atom is -0.353 e. The van der Waals surface area contributed by atoms with Crippen LogP contribution in [0.1, 0.15) is 62.5 Å². The van der Waals surface area contributed by atoms with E-state index in [4.69, 9.17) is 0 Å². The summed E-state index contributed by atoms with van der Waals surface area (Å²) in [4.78, 5) is 12.2. The van der Waals surface area contributed by atoms with E-state index in [-0.39, 0.29) is 11.9 Å². The normalized spacial score (nSPS) is 16.1. The molecule has 0 aromatic heterocycles. The summed E-state index contributed by atoms with van der Waals surface area (Å²) in [5.41, 5.74) is 2.72. The monoisotopic (exact) mass is 380 g/mol. The molecule has 6 heteroatoms. The number of carbonyl (C=O) groups excluding carboxylic acids is 1. The largest absolute Gasteiger partial charge is 0.353 e. The quantitative estimate of drug-likeness (QED) is 0.734. The number of nitrogens with one attached hydrogen (secondary N) is 1. The van der Waals surface area contributed by atoms with Gasteiger partial charge in [0.25, 0.3) is 0 Å². The number of anilines is 1. The standard InChI is InChI=1S/C20H32N2O3S/c1-16-10-8-13-19(17(16)2)22(26(3,24)25)15-9-14-20(23)21-18-11-6-4-5-7-12-18/h8,10,13,18H,4-7,9,11-12,14-15H2,1-3H3,(H,21,23). The van der Waals surface area contributed by atoms with Gasteiger partial charge in [-0.2, -0.15) is 0 Å². The van der Waals surface area contributed by atoms with Crippen molar-refractivity contribution < 1.29 is 13.2 Å². The van der Waals surface area contributed by atoms with Crippen molar-refractivity contribution >= 4 is 21.6 Å². The first-order valence-electron chi connectivity index (χ1n) is 9.62. The first-order valence-corrected chi connectivity index (χ1v) is 11.5. The molecule has 0 saturated heterocycles. The third-order valence-corrected chi connectivity index (χ3v) is 6.41. The Bertz CT molecular complexity index is 708. The van der Waals surface area contributed by atoms with Gasteiger partial charge in [-0.05, 0) is 50.3 Å².